The summed E-state index contributed by atoms with van der Waals surface area (Å²) in [5.74, 6) is -0.708. The molecule has 19 heavy (non-hydrogen) atoms. The highest BCUT2D eigenvalue weighted by molar-refractivity contribution is 7.85. The molecule has 0 saturated carbocycles. The summed E-state index contributed by atoms with van der Waals surface area (Å²) in [5.41, 5.74) is 6.70. The van der Waals surface area contributed by atoms with Crippen molar-refractivity contribution in [1.29, 1.82) is 0 Å². The standard InChI is InChI=1S/C12H18N2O4S/c13-11(9-10-5-2-1-3-6-10)12(15)14-7-4-8-19(16,17)18/h1-3,5-6,11H,4,7-9,13H2,(H,14,15)(H,16,17,18)/t11-/m0/s1/i12+1. The minimum atomic E-state index is -3.97. The summed E-state index contributed by atoms with van der Waals surface area (Å²) >= 11 is 0. The summed E-state index contributed by atoms with van der Waals surface area (Å²) in [4.78, 5) is 11.6. The van der Waals surface area contributed by atoms with E-state index in [2.05, 4.69) is 5.32 Å². The molecule has 1 rings (SSSR count). The lowest BCUT2D eigenvalue weighted by molar-refractivity contribution is -0.122. The Morgan fingerprint density at radius 3 is 2.53 bits per heavy atom. The van der Waals surface area contributed by atoms with E-state index in [0.717, 1.165) is 5.56 Å². The van der Waals surface area contributed by atoms with Crippen molar-refractivity contribution in [1.82, 2.24) is 5.32 Å². The minimum absolute atomic E-state index is 0.155. The van der Waals surface area contributed by atoms with Gasteiger partial charge in [0, 0.05) is 6.54 Å². The third kappa shape index (κ3) is 6.90. The van der Waals surface area contributed by atoms with Gasteiger partial charge in [0.15, 0.2) is 0 Å². The van der Waals surface area contributed by atoms with Crippen LogP contribution in [-0.2, 0) is 21.3 Å². The Balaban J connectivity index is 2.29. The molecule has 0 heterocycles. The van der Waals surface area contributed by atoms with Crippen LogP contribution in [0.15, 0.2) is 30.3 Å². The van der Waals surface area contributed by atoms with Gasteiger partial charge >= 0.3 is 0 Å². The molecule has 0 fully saturated rings. The lowest BCUT2D eigenvalue weighted by Gasteiger charge is -2.12. The topological polar surface area (TPSA) is 109 Å². The molecule has 0 radical (unpaired) electrons. The van der Waals surface area contributed by atoms with Crippen molar-refractivity contribution in [3.8, 4) is 0 Å². The molecule has 7 heteroatoms. The highest BCUT2D eigenvalue weighted by Crippen LogP contribution is 2.01. The van der Waals surface area contributed by atoms with Crippen LogP contribution >= 0.6 is 0 Å². The zero-order chi connectivity index (χ0) is 14.3. The number of nitrogens with two attached hydrogens (primary N) is 1. The number of hydrogen-bond acceptors (Lipinski definition) is 4. The van der Waals surface area contributed by atoms with E-state index in [4.69, 9.17) is 10.3 Å². The molecular formula is C12H18N2O4S. The Morgan fingerprint density at radius 2 is 1.95 bits per heavy atom. The third-order valence-corrected chi connectivity index (χ3v) is 3.32. The van der Waals surface area contributed by atoms with Crippen LogP contribution in [0, 0.1) is 0 Å². The monoisotopic (exact) mass is 287 g/mol. The van der Waals surface area contributed by atoms with Gasteiger partial charge in [0.25, 0.3) is 10.1 Å². The van der Waals surface area contributed by atoms with Gasteiger partial charge in [0.2, 0.25) is 5.91 Å². The minimum Gasteiger partial charge on any atom is -0.355 e. The third-order valence-electron chi connectivity index (χ3n) is 2.51. The predicted molar refractivity (Wildman–Crippen MR) is 72.2 cm³/mol. The molecule has 0 aliphatic carbocycles. The van der Waals surface area contributed by atoms with Crippen molar-refractivity contribution in [2.45, 2.75) is 18.9 Å². The first-order valence-electron chi connectivity index (χ1n) is 5.91. The summed E-state index contributed by atoms with van der Waals surface area (Å²) in [5, 5.41) is 2.54. The fourth-order valence-electron chi connectivity index (χ4n) is 1.56. The molecule has 0 aromatic heterocycles. The number of amides is 1. The van der Waals surface area contributed by atoms with Crippen LogP contribution < -0.4 is 11.1 Å². The van der Waals surface area contributed by atoms with Gasteiger partial charge in [-0.2, -0.15) is 8.42 Å². The van der Waals surface area contributed by atoms with Crippen molar-refractivity contribution in [3.05, 3.63) is 35.9 Å². The molecule has 1 aromatic rings. The summed E-state index contributed by atoms with van der Waals surface area (Å²) in [6, 6.07) is 8.70. The first-order chi connectivity index (χ1) is 8.88. The summed E-state index contributed by atoms with van der Waals surface area (Å²) in [6.07, 6.45) is 0.577. The van der Waals surface area contributed by atoms with Crippen molar-refractivity contribution < 1.29 is 17.8 Å². The molecule has 1 amide bonds. The second-order valence-corrected chi connectivity index (χ2v) is 5.80. The summed E-state index contributed by atoms with van der Waals surface area (Å²) in [6.45, 7) is 0.168. The molecule has 1 aromatic carbocycles. The van der Waals surface area contributed by atoms with Gasteiger partial charge in [-0.15, -0.1) is 0 Å². The highest BCUT2D eigenvalue weighted by Gasteiger charge is 2.13. The van der Waals surface area contributed by atoms with Gasteiger partial charge in [0.1, 0.15) is 0 Å². The number of rotatable bonds is 7. The molecule has 0 unspecified atom stereocenters. The van der Waals surface area contributed by atoms with Crippen LogP contribution in [0.3, 0.4) is 0 Å². The predicted octanol–water partition coefficient (Wildman–Crippen LogP) is -0.0495. The van der Waals surface area contributed by atoms with Crippen LogP contribution in [0.1, 0.15) is 12.0 Å². The number of carbonyl (C=O) groups is 1. The zero-order valence-electron chi connectivity index (χ0n) is 10.5. The van der Waals surface area contributed by atoms with Gasteiger partial charge in [-0.3, -0.25) is 9.35 Å². The van der Waals surface area contributed by atoms with Crippen LogP contribution in [0.2, 0.25) is 0 Å². The Bertz CT molecular complexity index is 502. The Kier molecular flexibility index (Phi) is 5.94. The fourth-order valence-corrected chi connectivity index (χ4v) is 2.07. The number of benzene rings is 1. The average Bonchev–Trinajstić information content (AvgIpc) is 2.34. The van der Waals surface area contributed by atoms with E-state index in [-0.39, 0.29) is 24.6 Å². The molecule has 0 saturated heterocycles. The van der Waals surface area contributed by atoms with Gasteiger partial charge in [-0.25, -0.2) is 0 Å². The van der Waals surface area contributed by atoms with Crippen LogP contribution in [0.25, 0.3) is 0 Å². The van der Waals surface area contributed by atoms with Crippen molar-refractivity contribution >= 4 is 16.0 Å². The van der Waals surface area contributed by atoms with Crippen LogP contribution in [0.4, 0.5) is 0 Å². The molecule has 4 N–H and O–H groups in total. The number of nitrogens with one attached hydrogen (secondary N) is 1. The summed E-state index contributed by atoms with van der Waals surface area (Å²) < 4.78 is 29.5. The van der Waals surface area contributed by atoms with E-state index in [9.17, 15) is 13.2 Å². The van der Waals surface area contributed by atoms with Gasteiger partial charge in [-0.05, 0) is 18.4 Å². The highest BCUT2D eigenvalue weighted by atomic mass is 32.2. The van der Waals surface area contributed by atoms with E-state index >= 15 is 0 Å². The average molecular weight is 287 g/mol. The Labute approximate surface area is 112 Å². The van der Waals surface area contributed by atoms with Crippen molar-refractivity contribution in [3.63, 3.8) is 0 Å². The van der Waals surface area contributed by atoms with Crippen molar-refractivity contribution in [2.75, 3.05) is 12.3 Å². The van der Waals surface area contributed by atoms with E-state index in [1.165, 1.54) is 0 Å². The molecule has 6 nitrogen and oxygen atoms in total. The molecule has 0 bridgehead atoms. The van der Waals surface area contributed by atoms with Gasteiger partial charge in [-0.1, -0.05) is 30.3 Å². The van der Waals surface area contributed by atoms with Crippen molar-refractivity contribution in [2.24, 2.45) is 5.73 Å². The Hall–Kier alpha value is -1.44. The smallest absolute Gasteiger partial charge is 0.264 e. The first-order valence-corrected chi connectivity index (χ1v) is 7.52. The maximum absolute atomic E-state index is 11.6. The second kappa shape index (κ2) is 7.22. The molecule has 0 aliphatic heterocycles. The normalized spacial score (nSPS) is 12.9. The lowest BCUT2D eigenvalue weighted by atomic mass is 10.1. The number of carbonyl (C=O) groups excluding carboxylic acids is 1. The molecule has 0 aliphatic rings. The summed E-state index contributed by atoms with van der Waals surface area (Å²) in [7, 11) is -3.97. The maximum Gasteiger partial charge on any atom is 0.264 e. The van der Waals surface area contributed by atoms with E-state index in [0.29, 0.717) is 6.42 Å². The SMILES string of the molecule is N[C@@H](Cc1ccccc1)[13C](=O)NCCCS(=O)(=O)O. The van der Waals surface area contributed by atoms with Crippen LogP contribution in [0.5, 0.6) is 0 Å². The molecule has 106 valence electrons. The largest absolute Gasteiger partial charge is 0.355 e. The van der Waals surface area contributed by atoms with Crippen LogP contribution in [-0.4, -0.2) is 37.2 Å². The van der Waals surface area contributed by atoms with E-state index in [1.54, 1.807) is 0 Å². The lowest BCUT2D eigenvalue weighted by Crippen LogP contribution is -2.42. The molecule has 1 atom stereocenters. The number of hydrogen-bond donors (Lipinski definition) is 3. The van der Waals surface area contributed by atoms with E-state index < -0.39 is 16.2 Å². The maximum atomic E-state index is 11.6. The molecule has 0 spiro atoms. The first kappa shape index (κ1) is 15.6. The fraction of sp³-hybridized carbons (Fsp3) is 0.417. The Morgan fingerprint density at radius 1 is 1.32 bits per heavy atom. The quantitative estimate of drug-likeness (QED) is 0.370. The van der Waals surface area contributed by atoms with Gasteiger partial charge < -0.3 is 11.1 Å². The molecular weight excluding hydrogens is 269 g/mol. The van der Waals surface area contributed by atoms with Gasteiger partial charge in [0.05, 0.1) is 11.8 Å². The second-order valence-electron chi connectivity index (χ2n) is 4.23. The van der Waals surface area contributed by atoms with E-state index in [1.807, 2.05) is 30.3 Å². The zero-order valence-corrected chi connectivity index (χ0v) is 11.3.